The van der Waals surface area contributed by atoms with Crippen LogP contribution in [0.4, 0.5) is 0 Å². The van der Waals surface area contributed by atoms with Gasteiger partial charge in [-0.1, -0.05) is 0 Å². The number of methoxy groups -OCH3 is 1. The number of rotatable bonds is 2. The van der Waals surface area contributed by atoms with Gasteiger partial charge in [0, 0.05) is 10.9 Å². The highest BCUT2D eigenvalue weighted by atomic mass is 32.1. The second kappa shape index (κ2) is 3.62. The molecule has 2 aromatic rings. The van der Waals surface area contributed by atoms with Crippen LogP contribution in [0.1, 0.15) is 11.9 Å². The highest BCUT2D eigenvalue weighted by molar-refractivity contribution is 7.80. The molecule has 0 bridgehead atoms. The van der Waals surface area contributed by atoms with E-state index in [0.29, 0.717) is 5.03 Å². The molecule has 4 nitrogen and oxygen atoms in total. The molecule has 16 heavy (non-hydrogen) atoms. The average molecular weight is 235 g/mol. The largest absolute Gasteiger partial charge is 0.497 e. The minimum Gasteiger partial charge on any atom is -0.497 e. The van der Waals surface area contributed by atoms with Gasteiger partial charge in [0.15, 0.2) is 0 Å². The highest BCUT2D eigenvalue weighted by Crippen LogP contribution is 2.36. The first-order valence-corrected chi connectivity index (χ1v) is 5.22. The van der Waals surface area contributed by atoms with Crippen LogP contribution in [-0.4, -0.2) is 12.1 Å². The van der Waals surface area contributed by atoms with Crippen molar-refractivity contribution in [3.63, 3.8) is 0 Å². The molecule has 0 aliphatic carbocycles. The Morgan fingerprint density at radius 1 is 1.31 bits per heavy atom. The fraction of sp³-hybridized carbons (Fsp3) is 0.182. The standard InChI is InChI=1S/C11H9NO3S/c1-13-7-2-3-9-6(4-7)5-8(10(16)12-9)11-14-15-11/h2-5,11H,1H3,(H,12,16). The maximum atomic E-state index is 5.16. The van der Waals surface area contributed by atoms with E-state index in [1.807, 2.05) is 24.3 Å². The summed E-state index contributed by atoms with van der Waals surface area (Å²) in [5, 5.41) is 1.60. The molecule has 0 amide bonds. The molecule has 1 aromatic carbocycles. The van der Waals surface area contributed by atoms with Crippen molar-refractivity contribution < 1.29 is 14.5 Å². The number of ether oxygens (including phenoxy) is 1. The number of thiol groups is 1. The first-order chi connectivity index (χ1) is 7.78. The zero-order valence-corrected chi connectivity index (χ0v) is 9.40. The van der Waals surface area contributed by atoms with Crippen molar-refractivity contribution in [1.29, 1.82) is 0 Å². The predicted molar refractivity (Wildman–Crippen MR) is 60.5 cm³/mol. The zero-order chi connectivity index (χ0) is 11.1. The molecule has 0 spiro atoms. The monoisotopic (exact) mass is 235 g/mol. The van der Waals surface area contributed by atoms with Gasteiger partial charge in [-0.2, -0.15) is 9.78 Å². The van der Waals surface area contributed by atoms with Crippen LogP contribution in [0.5, 0.6) is 5.75 Å². The molecule has 2 heterocycles. The molecule has 3 rings (SSSR count). The first kappa shape index (κ1) is 9.89. The van der Waals surface area contributed by atoms with Gasteiger partial charge in [-0.3, -0.25) is 0 Å². The molecule has 1 aliphatic heterocycles. The Morgan fingerprint density at radius 3 is 2.81 bits per heavy atom. The second-order valence-corrected chi connectivity index (χ2v) is 3.91. The number of nitrogens with zero attached hydrogens (tertiary/aromatic N) is 1. The molecule has 1 saturated heterocycles. The van der Waals surface area contributed by atoms with E-state index in [9.17, 15) is 0 Å². The Hall–Kier alpha value is -1.30. The Kier molecular flexibility index (Phi) is 2.24. The molecule has 5 heteroatoms. The van der Waals surface area contributed by atoms with Gasteiger partial charge in [0.25, 0.3) is 6.29 Å². The first-order valence-electron chi connectivity index (χ1n) is 4.78. The number of pyridine rings is 1. The van der Waals surface area contributed by atoms with Crippen molar-refractivity contribution in [2.75, 3.05) is 7.11 Å². The van der Waals surface area contributed by atoms with Gasteiger partial charge in [-0.05, 0) is 24.3 Å². The van der Waals surface area contributed by atoms with Crippen LogP contribution in [0.15, 0.2) is 29.3 Å². The maximum Gasteiger partial charge on any atom is 0.252 e. The number of hydrogen-bond donors (Lipinski definition) is 1. The molecule has 0 N–H and O–H groups in total. The predicted octanol–water partition coefficient (Wildman–Crippen LogP) is 2.49. The van der Waals surface area contributed by atoms with Crippen LogP contribution in [0, 0.1) is 0 Å². The average Bonchev–Trinajstić information content (AvgIpc) is 3.11. The summed E-state index contributed by atoms with van der Waals surface area (Å²) in [7, 11) is 1.63. The van der Waals surface area contributed by atoms with Gasteiger partial charge in [0.05, 0.1) is 12.6 Å². The molecule has 0 unspecified atom stereocenters. The van der Waals surface area contributed by atoms with E-state index in [1.54, 1.807) is 7.11 Å². The Bertz CT molecular complexity index is 554. The minimum absolute atomic E-state index is 0.324. The van der Waals surface area contributed by atoms with Gasteiger partial charge in [0.1, 0.15) is 10.8 Å². The third kappa shape index (κ3) is 1.63. The van der Waals surface area contributed by atoms with Crippen molar-refractivity contribution in [2.45, 2.75) is 11.3 Å². The molecule has 1 fully saturated rings. The fourth-order valence-electron chi connectivity index (χ4n) is 1.59. The van der Waals surface area contributed by atoms with Crippen LogP contribution < -0.4 is 4.74 Å². The van der Waals surface area contributed by atoms with Crippen molar-refractivity contribution in [2.24, 2.45) is 0 Å². The van der Waals surface area contributed by atoms with Gasteiger partial charge < -0.3 is 4.74 Å². The third-order valence-corrected chi connectivity index (χ3v) is 2.83. The number of fused-ring (bicyclic) bond motifs is 1. The van der Waals surface area contributed by atoms with E-state index in [-0.39, 0.29) is 6.29 Å². The lowest BCUT2D eigenvalue weighted by Gasteiger charge is -2.04. The van der Waals surface area contributed by atoms with Crippen LogP contribution in [0.2, 0.25) is 0 Å². The lowest BCUT2D eigenvalue weighted by molar-refractivity contribution is 0.0850. The minimum atomic E-state index is -0.324. The van der Waals surface area contributed by atoms with E-state index in [4.69, 9.17) is 14.5 Å². The SMILES string of the molecule is COc1ccc2nc(S)c(C3OO3)cc2c1. The molecule has 1 aliphatic rings. The number of benzene rings is 1. The maximum absolute atomic E-state index is 5.16. The third-order valence-electron chi connectivity index (χ3n) is 2.48. The Labute approximate surface area is 97.5 Å². The molecular weight excluding hydrogens is 226 g/mol. The van der Waals surface area contributed by atoms with Crippen molar-refractivity contribution in [1.82, 2.24) is 4.98 Å². The van der Waals surface area contributed by atoms with Crippen LogP contribution in [0.3, 0.4) is 0 Å². The topological polar surface area (TPSA) is 47.2 Å². The molecule has 0 saturated carbocycles. The van der Waals surface area contributed by atoms with E-state index in [0.717, 1.165) is 22.2 Å². The summed E-state index contributed by atoms with van der Waals surface area (Å²) < 4.78 is 5.16. The fourth-order valence-corrected chi connectivity index (χ4v) is 1.87. The number of hydrogen-bond acceptors (Lipinski definition) is 5. The lowest BCUT2D eigenvalue weighted by Crippen LogP contribution is -1.90. The van der Waals surface area contributed by atoms with Gasteiger partial charge in [-0.25, -0.2) is 4.98 Å². The van der Waals surface area contributed by atoms with Crippen molar-refractivity contribution in [3.05, 3.63) is 29.8 Å². The van der Waals surface area contributed by atoms with E-state index in [1.165, 1.54) is 0 Å². The van der Waals surface area contributed by atoms with E-state index >= 15 is 0 Å². The van der Waals surface area contributed by atoms with Gasteiger partial charge in [-0.15, -0.1) is 12.6 Å². The van der Waals surface area contributed by atoms with E-state index < -0.39 is 0 Å². The molecular formula is C11H9NO3S. The lowest BCUT2D eigenvalue weighted by atomic mass is 10.1. The summed E-state index contributed by atoms with van der Waals surface area (Å²) >= 11 is 4.30. The van der Waals surface area contributed by atoms with Crippen molar-refractivity contribution >= 4 is 23.5 Å². The highest BCUT2D eigenvalue weighted by Gasteiger charge is 2.31. The summed E-state index contributed by atoms with van der Waals surface area (Å²) in [6, 6.07) is 7.63. The molecule has 0 radical (unpaired) electrons. The smallest absolute Gasteiger partial charge is 0.252 e. The Balaban J connectivity index is 2.19. The Morgan fingerprint density at radius 2 is 2.12 bits per heavy atom. The number of aromatic nitrogens is 1. The van der Waals surface area contributed by atoms with Crippen LogP contribution in [-0.2, 0) is 9.78 Å². The van der Waals surface area contributed by atoms with Gasteiger partial charge >= 0.3 is 0 Å². The van der Waals surface area contributed by atoms with Crippen molar-refractivity contribution in [3.8, 4) is 5.75 Å². The molecule has 0 atom stereocenters. The zero-order valence-electron chi connectivity index (χ0n) is 8.51. The summed E-state index contributed by atoms with van der Waals surface area (Å²) in [4.78, 5) is 13.9. The van der Waals surface area contributed by atoms with Crippen LogP contribution in [0.25, 0.3) is 10.9 Å². The molecule has 1 aromatic heterocycles. The normalized spacial score (nSPS) is 15.4. The van der Waals surface area contributed by atoms with Crippen LogP contribution >= 0.6 is 12.6 Å². The quantitative estimate of drug-likeness (QED) is 0.493. The summed E-state index contributed by atoms with van der Waals surface area (Å²) in [5.74, 6) is 0.796. The molecule has 82 valence electrons. The second-order valence-electron chi connectivity index (χ2n) is 3.48. The summed E-state index contributed by atoms with van der Waals surface area (Å²) in [5.41, 5.74) is 1.71. The van der Waals surface area contributed by atoms with Gasteiger partial charge in [0.2, 0.25) is 0 Å². The van der Waals surface area contributed by atoms with E-state index in [2.05, 4.69) is 17.6 Å². The summed E-state index contributed by atoms with van der Waals surface area (Å²) in [6.07, 6.45) is -0.324. The summed E-state index contributed by atoms with van der Waals surface area (Å²) in [6.45, 7) is 0.